The van der Waals surface area contributed by atoms with Crippen molar-refractivity contribution in [1.82, 2.24) is 0 Å². The van der Waals surface area contributed by atoms with Crippen LogP contribution in [0.25, 0.3) is 0 Å². The van der Waals surface area contributed by atoms with Gasteiger partial charge in [0.2, 0.25) is 0 Å². The van der Waals surface area contributed by atoms with Gasteiger partial charge in [-0.25, -0.2) is 0 Å². The third-order valence-electron chi connectivity index (χ3n) is 1.34. The third kappa shape index (κ3) is 4.88. The van der Waals surface area contributed by atoms with Crippen molar-refractivity contribution in [2.75, 3.05) is 11.5 Å². The van der Waals surface area contributed by atoms with Crippen LogP contribution >= 0.6 is 0 Å². The van der Waals surface area contributed by atoms with Crippen LogP contribution in [0.5, 0.6) is 0 Å². The van der Waals surface area contributed by atoms with Gasteiger partial charge in [0, 0.05) is 22.3 Å². The first-order valence-electron chi connectivity index (χ1n) is 3.73. The van der Waals surface area contributed by atoms with E-state index in [1.54, 1.807) is 6.92 Å². The average molecular weight is 213 g/mol. The normalized spacial score (nSPS) is 16.2. The molecular formula is C7H10F3NOS. The molecule has 0 bridgehead atoms. The highest BCUT2D eigenvalue weighted by Gasteiger charge is 2.40. The van der Waals surface area contributed by atoms with Crippen LogP contribution in [0.15, 0.2) is 0 Å². The van der Waals surface area contributed by atoms with Gasteiger partial charge in [-0.15, -0.1) is 0 Å². The predicted octanol–water partition coefficient (Wildman–Crippen LogP) is 1.85. The Bertz CT molecular complexity index is 221. The molecule has 0 fully saturated rings. The lowest BCUT2D eigenvalue weighted by Gasteiger charge is -2.11. The second kappa shape index (κ2) is 5.22. The van der Waals surface area contributed by atoms with E-state index < -0.39 is 28.6 Å². The molecule has 0 spiro atoms. The van der Waals surface area contributed by atoms with Crippen molar-refractivity contribution in [2.24, 2.45) is 5.92 Å². The van der Waals surface area contributed by atoms with Crippen molar-refractivity contribution in [3.8, 4) is 6.07 Å². The second-order valence-corrected chi connectivity index (χ2v) is 4.16. The van der Waals surface area contributed by atoms with Gasteiger partial charge in [0.05, 0.1) is 6.07 Å². The van der Waals surface area contributed by atoms with Gasteiger partial charge in [-0.1, -0.05) is 6.92 Å². The number of rotatable bonds is 4. The lowest BCUT2D eigenvalue weighted by Crippen LogP contribution is -2.27. The number of nitrogens with zero attached hydrogens (tertiary/aromatic N) is 1. The van der Waals surface area contributed by atoms with Crippen molar-refractivity contribution >= 4 is 10.8 Å². The Hall–Kier alpha value is -0.570. The maximum atomic E-state index is 12.0. The summed E-state index contributed by atoms with van der Waals surface area (Å²) in [5, 5.41) is 8.17. The van der Waals surface area contributed by atoms with Crippen LogP contribution in [-0.2, 0) is 10.8 Å². The van der Waals surface area contributed by atoms with Gasteiger partial charge in [-0.05, 0) is 6.42 Å². The Morgan fingerprint density at radius 3 is 2.38 bits per heavy atom. The number of nitriles is 1. The predicted molar refractivity (Wildman–Crippen MR) is 43.3 cm³/mol. The van der Waals surface area contributed by atoms with Crippen molar-refractivity contribution in [1.29, 1.82) is 5.26 Å². The SMILES string of the molecule is CCCS(=O)CC(C#N)C(F)(F)F. The molecule has 0 saturated carbocycles. The molecule has 2 nitrogen and oxygen atoms in total. The molecule has 2 unspecified atom stereocenters. The van der Waals surface area contributed by atoms with Crippen LogP contribution in [0.4, 0.5) is 13.2 Å². The molecule has 0 heterocycles. The van der Waals surface area contributed by atoms with Crippen molar-refractivity contribution < 1.29 is 17.4 Å². The van der Waals surface area contributed by atoms with E-state index in [9.17, 15) is 17.4 Å². The third-order valence-corrected chi connectivity index (χ3v) is 2.90. The molecule has 0 radical (unpaired) electrons. The highest BCUT2D eigenvalue weighted by atomic mass is 32.2. The van der Waals surface area contributed by atoms with Gasteiger partial charge in [0.25, 0.3) is 0 Å². The lowest BCUT2D eigenvalue weighted by molar-refractivity contribution is -0.153. The minimum atomic E-state index is -4.56. The van der Waals surface area contributed by atoms with E-state index >= 15 is 0 Å². The van der Waals surface area contributed by atoms with E-state index in [1.165, 1.54) is 0 Å². The van der Waals surface area contributed by atoms with Crippen molar-refractivity contribution in [2.45, 2.75) is 19.5 Å². The molecule has 0 saturated heterocycles. The van der Waals surface area contributed by atoms with E-state index in [0.29, 0.717) is 6.42 Å². The zero-order chi connectivity index (χ0) is 10.5. The summed E-state index contributed by atoms with van der Waals surface area (Å²) in [4.78, 5) is 0. The number of hydrogen-bond acceptors (Lipinski definition) is 2. The molecule has 0 aromatic rings. The monoisotopic (exact) mass is 213 g/mol. The van der Waals surface area contributed by atoms with Crippen LogP contribution < -0.4 is 0 Å². The Kier molecular flexibility index (Phi) is 4.99. The zero-order valence-corrected chi connectivity index (χ0v) is 7.91. The van der Waals surface area contributed by atoms with Gasteiger partial charge in [0.1, 0.15) is 0 Å². The Balaban J connectivity index is 4.17. The summed E-state index contributed by atoms with van der Waals surface area (Å²) in [5.41, 5.74) is 0. The molecule has 0 aliphatic carbocycles. The second-order valence-electron chi connectivity index (χ2n) is 2.53. The smallest absolute Gasteiger partial charge is 0.260 e. The molecule has 13 heavy (non-hydrogen) atoms. The highest BCUT2D eigenvalue weighted by molar-refractivity contribution is 7.84. The summed E-state index contributed by atoms with van der Waals surface area (Å²) in [7, 11) is -1.54. The molecule has 0 rings (SSSR count). The van der Waals surface area contributed by atoms with Gasteiger partial charge in [0.15, 0.2) is 5.92 Å². The molecule has 0 aliphatic rings. The maximum absolute atomic E-state index is 12.0. The van der Waals surface area contributed by atoms with Gasteiger partial charge in [-0.3, -0.25) is 4.21 Å². The Morgan fingerprint density at radius 1 is 1.54 bits per heavy atom. The van der Waals surface area contributed by atoms with Crippen LogP contribution in [0.3, 0.4) is 0 Å². The summed E-state index contributed by atoms with van der Waals surface area (Å²) in [6.07, 6.45) is -4.00. The summed E-state index contributed by atoms with van der Waals surface area (Å²) in [6, 6.07) is 1.11. The topological polar surface area (TPSA) is 40.9 Å². The summed E-state index contributed by atoms with van der Waals surface area (Å²) in [6.45, 7) is 1.73. The van der Waals surface area contributed by atoms with Crippen LogP contribution in [0, 0.1) is 17.2 Å². The summed E-state index contributed by atoms with van der Waals surface area (Å²) >= 11 is 0. The van der Waals surface area contributed by atoms with E-state index in [-0.39, 0.29) is 5.75 Å². The van der Waals surface area contributed by atoms with Crippen molar-refractivity contribution in [3.63, 3.8) is 0 Å². The van der Waals surface area contributed by atoms with E-state index in [0.717, 1.165) is 6.07 Å². The summed E-state index contributed by atoms with van der Waals surface area (Å²) < 4.78 is 46.8. The summed E-state index contributed by atoms with van der Waals surface area (Å²) in [5.74, 6) is -2.48. The lowest BCUT2D eigenvalue weighted by atomic mass is 10.2. The fourth-order valence-corrected chi connectivity index (χ4v) is 1.96. The Morgan fingerprint density at radius 2 is 2.08 bits per heavy atom. The first-order valence-corrected chi connectivity index (χ1v) is 5.22. The molecule has 0 aromatic heterocycles. The molecule has 0 aromatic carbocycles. The molecule has 0 N–H and O–H groups in total. The van der Waals surface area contributed by atoms with Crippen molar-refractivity contribution in [3.05, 3.63) is 0 Å². The quantitative estimate of drug-likeness (QED) is 0.715. The molecule has 0 amide bonds. The van der Waals surface area contributed by atoms with Gasteiger partial charge in [-0.2, -0.15) is 18.4 Å². The zero-order valence-electron chi connectivity index (χ0n) is 7.10. The van der Waals surface area contributed by atoms with Gasteiger partial charge >= 0.3 is 6.18 Å². The number of halogens is 3. The fraction of sp³-hybridized carbons (Fsp3) is 0.857. The highest BCUT2D eigenvalue weighted by Crippen LogP contribution is 2.26. The maximum Gasteiger partial charge on any atom is 0.405 e. The van der Waals surface area contributed by atoms with Gasteiger partial charge < -0.3 is 0 Å². The average Bonchev–Trinajstić information content (AvgIpc) is 1.98. The van der Waals surface area contributed by atoms with E-state index in [4.69, 9.17) is 5.26 Å². The molecule has 6 heteroatoms. The minimum Gasteiger partial charge on any atom is -0.260 e. The van der Waals surface area contributed by atoms with Crippen LogP contribution in [-0.4, -0.2) is 21.9 Å². The molecular weight excluding hydrogens is 203 g/mol. The fourth-order valence-electron chi connectivity index (χ4n) is 0.702. The number of hydrogen-bond donors (Lipinski definition) is 0. The van der Waals surface area contributed by atoms with E-state index in [2.05, 4.69) is 0 Å². The Labute approximate surface area is 77.2 Å². The van der Waals surface area contributed by atoms with E-state index in [1.807, 2.05) is 0 Å². The minimum absolute atomic E-state index is 0.217. The van der Waals surface area contributed by atoms with Crippen LogP contribution in [0.2, 0.25) is 0 Å². The largest absolute Gasteiger partial charge is 0.405 e. The number of alkyl halides is 3. The first kappa shape index (κ1) is 12.4. The standard InChI is InChI=1S/C7H10F3NOS/c1-2-3-13(12)5-6(4-11)7(8,9)10/h6H,2-3,5H2,1H3. The first-order chi connectivity index (χ1) is 5.91. The molecule has 2 atom stereocenters. The molecule has 76 valence electrons. The molecule has 0 aliphatic heterocycles. The van der Waals surface area contributed by atoms with Crippen LogP contribution in [0.1, 0.15) is 13.3 Å².